The van der Waals surface area contributed by atoms with Crippen LogP contribution in [0.3, 0.4) is 0 Å². The van der Waals surface area contributed by atoms with Crippen LogP contribution in [-0.4, -0.2) is 25.0 Å². The molecule has 3 rings (SSSR count). The summed E-state index contributed by atoms with van der Waals surface area (Å²) in [5.74, 6) is -0.101. The average Bonchev–Trinajstić information content (AvgIpc) is 3.10. The van der Waals surface area contributed by atoms with E-state index in [0.29, 0.717) is 28.4 Å². The van der Waals surface area contributed by atoms with E-state index < -0.39 is 0 Å². The molecule has 29 heavy (non-hydrogen) atoms. The lowest BCUT2D eigenvalue weighted by Crippen LogP contribution is -2.27. The third-order valence-corrected chi connectivity index (χ3v) is 6.04. The second kappa shape index (κ2) is 10.1. The SMILES string of the molecule is CCCCNC(=O)c1c(NC(=O)COc2ccccc2C#N)sc2c1CCCC2. The molecule has 1 aromatic heterocycles. The number of amides is 2. The summed E-state index contributed by atoms with van der Waals surface area (Å²) in [6.07, 6.45) is 5.90. The molecule has 0 bridgehead atoms. The van der Waals surface area contributed by atoms with E-state index in [9.17, 15) is 9.59 Å². The van der Waals surface area contributed by atoms with Gasteiger partial charge in [0.25, 0.3) is 11.8 Å². The van der Waals surface area contributed by atoms with Crippen molar-refractivity contribution in [3.05, 3.63) is 45.8 Å². The van der Waals surface area contributed by atoms with Gasteiger partial charge in [-0.25, -0.2) is 0 Å². The molecule has 2 amide bonds. The Morgan fingerprint density at radius 2 is 2.03 bits per heavy atom. The van der Waals surface area contributed by atoms with Crippen LogP contribution < -0.4 is 15.4 Å². The highest BCUT2D eigenvalue weighted by molar-refractivity contribution is 7.17. The molecule has 0 saturated carbocycles. The number of unbranched alkanes of at least 4 members (excludes halogenated alkanes) is 1. The Balaban J connectivity index is 1.72. The highest BCUT2D eigenvalue weighted by Crippen LogP contribution is 2.38. The first-order valence-corrected chi connectivity index (χ1v) is 10.8. The first-order chi connectivity index (χ1) is 14.1. The van der Waals surface area contributed by atoms with Crippen molar-refractivity contribution < 1.29 is 14.3 Å². The number of rotatable bonds is 8. The van der Waals surface area contributed by atoms with Crippen molar-refractivity contribution in [1.82, 2.24) is 5.32 Å². The van der Waals surface area contributed by atoms with E-state index in [2.05, 4.69) is 17.6 Å². The van der Waals surface area contributed by atoms with E-state index in [1.807, 2.05) is 6.07 Å². The minimum absolute atomic E-state index is 0.121. The van der Waals surface area contributed by atoms with Crippen LogP contribution in [0.4, 0.5) is 5.00 Å². The minimum atomic E-state index is -0.348. The third-order valence-electron chi connectivity index (χ3n) is 4.83. The summed E-state index contributed by atoms with van der Waals surface area (Å²) in [5, 5.41) is 15.5. The summed E-state index contributed by atoms with van der Waals surface area (Å²) in [6, 6.07) is 8.83. The van der Waals surface area contributed by atoms with Gasteiger partial charge in [0, 0.05) is 11.4 Å². The number of anilines is 1. The highest BCUT2D eigenvalue weighted by Gasteiger charge is 2.26. The van der Waals surface area contributed by atoms with E-state index in [-0.39, 0.29) is 18.4 Å². The zero-order chi connectivity index (χ0) is 20.6. The zero-order valence-corrected chi connectivity index (χ0v) is 17.4. The van der Waals surface area contributed by atoms with Gasteiger partial charge in [0.05, 0.1) is 11.1 Å². The number of hydrogen-bond donors (Lipinski definition) is 2. The Kier molecular flexibility index (Phi) is 7.25. The summed E-state index contributed by atoms with van der Waals surface area (Å²) < 4.78 is 5.51. The number of nitrogens with one attached hydrogen (secondary N) is 2. The van der Waals surface area contributed by atoms with Gasteiger partial charge in [0.15, 0.2) is 6.61 Å². The van der Waals surface area contributed by atoms with Gasteiger partial charge in [-0.1, -0.05) is 25.5 Å². The molecule has 0 spiro atoms. The number of ether oxygens (including phenoxy) is 1. The van der Waals surface area contributed by atoms with E-state index in [0.717, 1.165) is 44.1 Å². The van der Waals surface area contributed by atoms with Gasteiger partial charge in [-0.2, -0.15) is 5.26 Å². The topological polar surface area (TPSA) is 91.2 Å². The van der Waals surface area contributed by atoms with Crippen LogP contribution in [0.2, 0.25) is 0 Å². The fraction of sp³-hybridized carbons (Fsp3) is 0.409. The van der Waals surface area contributed by atoms with Crippen molar-refractivity contribution in [2.45, 2.75) is 45.4 Å². The smallest absolute Gasteiger partial charge is 0.262 e. The van der Waals surface area contributed by atoms with Gasteiger partial charge < -0.3 is 15.4 Å². The van der Waals surface area contributed by atoms with Gasteiger partial charge in [-0.05, 0) is 49.8 Å². The predicted octanol–water partition coefficient (Wildman–Crippen LogP) is 4.05. The molecule has 0 unspecified atom stereocenters. The van der Waals surface area contributed by atoms with Crippen molar-refractivity contribution in [2.24, 2.45) is 0 Å². The number of thiophene rings is 1. The lowest BCUT2D eigenvalue weighted by molar-refractivity contribution is -0.118. The molecule has 1 aromatic carbocycles. The van der Waals surface area contributed by atoms with Gasteiger partial charge in [-0.3, -0.25) is 9.59 Å². The molecule has 1 aliphatic carbocycles. The van der Waals surface area contributed by atoms with Crippen molar-refractivity contribution in [1.29, 1.82) is 5.26 Å². The molecule has 6 nitrogen and oxygen atoms in total. The lowest BCUT2D eigenvalue weighted by atomic mass is 9.95. The van der Waals surface area contributed by atoms with E-state index in [1.165, 1.54) is 16.2 Å². The van der Waals surface area contributed by atoms with E-state index in [4.69, 9.17) is 10.00 Å². The van der Waals surface area contributed by atoms with Gasteiger partial charge in [0.1, 0.15) is 16.8 Å². The standard InChI is InChI=1S/C22H25N3O3S/c1-2-3-12-24-21(27)20-16-9-5-7-11-18(16)29-22(20)25-19(26)14-28-17-10-6-4-8-15(17)13-23/h4,6,8,10H,2-3,5,7,9,11-12,14H2,1H3,(H,24,27)(H,25,26). The molecule has 0 saturated heterocycles. The van der Waals surface area contributed by atoms with Crippen molar-refractivity contribution >= 4 is 28.2 Å². The Labute approximate surface area is 174 Å². The monoisotopic (exact) mass is 411 g/mol. The maximum Gasteiger partial charge on any atom is 0.262 e. The van der Waals surface area contributed by atoms with Gasteiger partial charge in [0.2, 0.25) is 0 Å². The molecule has 0 radical (unpaired) electrons. The molecule has 2 aromatic rings. The number of nitrogens with zero attached hydrogens (tertiary/aromatic N) is 1. The maximum absolute atomic E-state index is 12.8. The number of benzene rings is 1. The molecule has 0 atom stereocenters. The number of carbonyl (C=O) groups excluding carboxylic acids is 2. The van der Waals surface area contributed by atoms with Crippen LogP contribution in [0, 0.1) is 11.3 Å². The molecule has 152 valence electrons. The lowest BCUT2D eigenvalue weighted by Gasteiger charge is -2.13. The van der Waals surface area contributed by atoms with Crippen LogP contribution in [0.5, 0.6) is 5.75 Å². The summed E-state index contributed by atoms with van der Waals surface area (Å²) >= 11 is 1.49. The number of para-hydroxylation sites is 1. The largest absolute Gasteiger partial charge is 0.482 e. The van der Waals surface area contributed by atoms with Crippen molar-refractivity contribution in [2.75, 3.05) is 18.5 Å². The van der Waals surface area contributed by atoms with Crippen molar-refractivity contribution in [3.63, 3.8) is 0 Å². The Hall–Kier alpha value is -2.85. The summed E-state index contributed by atoms with van der Waals surface area (Å²) in [5.41, 5.74) is 2.05. The summed E-state index contributed by atoms with van der Waals surface area (Å²) in [6.45, 7) is 2.48. The second-order valence-electron chi connectivity index (χ2n) is 6.97. The van der Waals surface area contributed by atoms with E-state index in [1.54, 1.807) is 24.3 Å². The van der Waals surface area contributed by atoms with Gasteiger partial charge >= 0.3 is 0 Å². The fourth-order valence-corrected chi connectivity index (χ4v) is 4.66. The predicted molar refractivity (Wildman–Crippen MR) is 113 cm³/mol. The summed E-state index contributed by atoms with van der Waals surface area (Å²) in [7, 11) is 0. The quantitative estimate of drug-likeness (QED) is 0.641. The van der Waals surface area contributed by atoms with Crippen molar-refractivity contribution in [3.8, 4) is 11.8 Å². The Morgan fingerprint density at radius 3 is 2.83 bits per heavy atom. The molecule has 0 fully saturated rings. The molecule has 1 aliphatic rings. The number of nitriles is 1. The van der Waals surface area contributed by atoms with E-state index >= 15 is 0 Å². The normalized spacial score (nSPS) is 12.6. The molecule has 7 heteroatoms. The van der Waals surface area contributed by atoms with Gasteiger partial charge in [-0.15, -0.1) is 11.3 Å². The van der Waals surface area contributed by atoms with Crippen LogP contribution >= 0.6 is 11.3 Å². The number of carbonyl (C=O) groups is 2. The molecular formula is C22H25N3O3S. The summed E-state index contributed by atoms with van der Waals surface area (Å²) in [4.78, 5) is 26.5. The minimum Gasteiger partial charge on any atom is -0.482 e. The Bertz CT molecular complexity index is 930. The molecular weight excluding hydrogens is 386 g/mol. The fourth-order valence-electron chi connectivity index (χ4n) is 3.35. The molecule has 2 N–H and O–H groups in total. The molecule has 0 aliphatic heterocycles. The van der Waals surface area contributed by atoms with Crippen LogP contribution in [0.1, 0.15) is 59.0 Å². The number of hydrogen-bond acceptors (Lipinski definition) is 5. The maximum atomic E-state index is 12.8. The van der Waals surface area contributed by atoms with Crippen LogP contribution in [0.15, 0.2) is 24.3 Å². The Morgan fingerprint density at radius 1 is 1.24 bits per heavy atom. The average molecular weight is 412 g/mol. The third kappa shape index (κ3) is 5.15. The molecule has 1 heterocycles. The second-order valence-corrected chi connectivity index (χ2v) is 8.07. The van der Waals surface area contributed by atoms with Crippen LogP contribution in [0.25, 0.3) is 0 Å². The first kappa shape index (κ1) is 20.9. The zero-order valence-electron chi connectivity index (χ0n) is 16.5. The first-order valence-electron chi connectivity index (χ1n) is 9.98. The number of aryl methyl sites for hydroxylation is 1. The van der Waals surface area contributed by atoms with Crippen LogP contribution in [-0.2, 0) is 17.6 Å². The highest BCUT2D eigenvalue weighted by atomic mass is 32.1. The number of fused-ring (bicyclic) bond motifs is 1.